The van der Waals surface area contributed by atoms with Gasteiger partial charge in [0.05, 0.1) is 18.8 Å². The maximum atomic E-state index is 12.3. The summed E-state index contributed by atoms with van der Waals surface area (Å²) >= 11 is 0. The summed E-state index contributed by atoms with van der Waals surface area (Å²) in [6.45, 7) is 8.33. The van der Waals surface area contributed by atoms with Crippen LogP contribution < -0.4 is 9.47 Å². The zero-order valence-corrected chi connectivity index (χ0v) is 22.0. The zero-order chi connectivity index (χ0) is 27.3. The second-order valence-electron chi connectivity index (χ2n) is 9.16. The van der Waals surface area contributed by atoms with E-state index in [4.69, 9.17) is 14.2 Å². The van der Waals surface area contributed by atoms with E-state index in [9.17, 15) is 14.4 Å². The fourth-order valence-electron chi connectivity index (χ4n) is 3.38. The molecule has 1 aliphatic carbocycles. The van der Waals surface area contributed by atoms with Crippen molar-refractivity contribution in [3.05, 3.63) is 108 Å². The van der Waals surface area contributed by atoms with Gasteiger partial charge >= 0.3 is 11.9 Å². The molecule has 0 unspecified atom stereocenters. The minimum atomic E-state index is -0.480. The van der Waals surface area contributed by atoms with Crippen LogP contribution in [0.4, 0.5) is 0 Å². The van der Waals surface area contributed by atoms with Crippen LogP contribution in [0, 0.1) is 19.8 Å². The number of carbonyl (C=O) groups excluding carboxylic acids is 3. The quantitative estimate of drug-likeness (QED) is 0.0933. The number of aryl methyl sites for hydroxylation is 2. The van der Waals surface area contributed by atoms with Crippen LogP contribution in [0.15, 0.2) is 85.5 Å². The molecule has 0 atom stereocenters. The second-order valence-corrected chi connectivity index (χ2v) is 9.16. The van der Waals surface area contributed by atoms with E-state index in [-0.39, 0.29) is 11.7 Å². The first kappa shape index (κ1) is 28.4. The molecule has 1 saturated carbocycles. The first-order valence-electron chi connectivity index (χ1n) is 12.8. The third-order valence-electron chi connectivity index (χ3n) is 5.82. The number of ketones is 1. The van der Waals surface area contributed by atoms with Gasteiger partial charge in [0.15, 0.2) is 5.78 Å². The van der Waals surface area contributed by atoms with Gasteiger partial charge in [-0.25, -0.2) is 9.59 Å². The van der Waals surface area contributed by atoms with E-state index >= 15 is 0 Å². The zero-order valence-electron chi connectivity index (χ0n) is 22.0. The molecule has 0 radical (unpaired) electrons. The molecular weight excluding hydrogens is 480 g/mol. The number of unbranched alkanes of at least 4 members (excludes halogenated alkanes) is 1. The monoisotopic (exact) mass is 514 g/mol. The molecule has 6 heteroatoms. The molecule has 198 valence electrons. The summed E-state index contributed by atoms with van der Waals surface area (Å²) < 4.78 is 15.9. The van der Waals surface area contributed by atoms with Crippen LogP contribution >= 0.6 is 0 Å². The molecule has 0 N–H and O–H groups in total. The molecular formula is C32H34O6. The summed E-state index contributed by atoms with van der Waals surface area (Å²) in [6.07, 6.45) is 4.47. The van der Waals surface area contributed by atoms with E-state index in [0.29, 0.717) is 42.3 Å². The Morgan fingerprint density at radius 3 is 1.84 bits per heavy atom. The number of carbonyl (C=O) groups is 3. The SMILES string of the molecule is C=CC(=O)OCCCCOc1ccc(C(=O)Oc2ccc(C(=O)C3CC3)cc2)cc1.Cc1ccc(C)cc1. The van der Waals surface area contributed by atoms with Crippen LogP contribution in [-0.2, 0) is 9.53 Å². The topological polar surface area (TPSA) is 78.9 Å². The fourth-order valence-corrected chi connectivity index (χ4v) is 3.38. The van der Waals surface area contributed by atoms with Crippen LogP contribution in [0.5, 0.6) is 11.5 Å². The van der Waals surface area contributed by atoms with Gasteiger partial charge in [-0.3, -0.25) is 4.79 Å². The van der Waals surface area contributed by atoms with Crippen LogP contribution in [0.25, 0.3) is 0 Å². The summed E-state index contributed by atoms with van der Waals surface area (Å²) in [4.78, 5) is 35.2. The number of benzene rings is 3. The number of rotatable bonds is 11. The largest absolute Gasteiger partial charge is 0.494 e. The predicted octanol–water partition coefficient (Wildman–Crippen LogP) is 6.69. The van der Waals surface area contributed by atoms with E-state index in [1.807, 2.05) is 0 Å². The third kappa shape index (κ3) is 9.69. The Morgan fingerprint density at radius 1 is 0.763 bits per heavy atom. The summed E-state index contributed by atoms with van der Waals surface area (Å²) in [5.74, 6) is 0.436. The summed E-state index contributed by atoms with van der Waals surface area (Å²) in [5.41, 5.74) is 3.71. The Labute approximate surface area is 224 Å². The number of hydrogen-bond acceptors (Lipinski definition) is 6. The molecule has 1 fully saturated rings. The van der Waals surface area contributed by atoms with Crippen LogP contribution in [0.1, 0.15) is 57.5 Å². The van der Waals surface area contributed by atoms with E-state index < -0.39 is 11.9 Å². The highest BCUT2D eigenvalue weighted by atomic mass is 16.5. The van der Waals surface area contributed by atoms with Crippen LogP contribution in [0.3, 0.4) is 0 Å². The number of hydrogen-bond donors (Lipinski definition) is 0. The lowest BCUT2D eigenvalue weighted by Crippen LogP contribution is -2.09. The van der Waals surface area contributed by atoms with E-state index in [2.05, 4.69) is 44.7 Å². The molecule has 1 aliphatic rings. The maximum Gasteiger partial charge on any atom is 0.343 e. The number of Topliss-reactive ketones (excluding diaryl/α,β-unsaturated/α-hetero) is 1. The van der Waals surface area contributed by atoms with Crippen molar-refractivity contribution in [1.82, 2.24) is 0 Å². The fraction of sp³-hybridized carbons (Fsp3) is 0.281. The van der Waals surface area contributed by atoms with Gasteiger partial charge < -0.3 is 14.2 Å². The Morgan fingerprint density at radius 2 is 1.29 bits per heavy atom. The van der Waals surface area contributed by atoms with Crippen LogP contribution in [0.2, 0.25) is 0 Å². The third-order valence-corrected chi connectivity index (χ3v) is 5.82. The highest BCUT2D eigenvalue weighted by molar-refractivity contribution is 5.99. The number of ether oxygens (including phenoxy) is 3. The maximum absolute atomic E-state index is 12.3. The Bertz CT molecular complexity index is 1190. The first-order chi connectivity index (χ1) is 18.4. The van der Waals surface area contributed by atoms with Gasteiger partial charge in [0.1, 0.15) is 11.5 Å². The molecule has 3 aromatic rings. The van der Waals surface area contributed by atoms with Crippen LogP contribution in [-0.4, -0.2) is 30.9 Å². The summed E-state index contributed by atoms with van der Waals surface area (Å²) in [7, 11) is 0. The number of esters is 2. The molecule has 0 bridgehead atoms. The lowest BCUT2D eigenvalue weighted by Gasteiger charge is -2.08. The first-order valence-corrected chi connectivity index (χ1v) is 12.8. The Balaban J connectivity index is 0.000000427. The normalized spacial score (nSPS) is 11.9. The molecule has 0 saturated heterocycles. The summed E-state index contributed by atoms with van der Waals surface area (Å²) in [5, 5.41) is 0. The molecule has 38 heavy (non-hydrogen) atoms. The summed E-state index contributed by atoms with van der Waals surface area (Å²) in [6, 6.07) is 21.8. The lowest BCUT2D eigenvalue weighted by molar-refractivity contribution is -0.137. The van der Waals surface area contributed by atoms with E-state index in [1.54, 1.807) is 48.5 Å². The van der Waals surface area contributed by atoms with Gasteiger partial charge in [-0.05, 0) is 88.1 Å². The minimum Gasteiger partial charge on any atom is -0.494 e. The van der Waals surface area contributed by atoms with Crippen molar-refractivity contribution < 1.29 is 28.6 Å². The molecule has 0 amide bonds. The van der Waals surface area contributed by atoms with Gasteiger partial charge in [0.2, 0.25) is 0 Å². The standard InChI is InChI=1S/C24H24O6.C8H10/c1-2-22(25)29-16-4-3-15-28-20-11-9-19(10-12-20)24(27)30-21-13-7-18(8-14-21)23(26)17-5-6-17;1-7-3-5-8(2)6-4-7/h2,7-14,17H,1,3-6,15-16H2;3-6H,1-2H3. The molecule has 6 nitrogen and oxygen atoms in total. The van der Waals surface area contributed by atoms with Gasteiger partial charge in [-0.2, -0.15) is 0 Å². The molecule has 4 rings (SSSR count). The highest BCUT2D eigenvalue weighted by Crippen LogP contribution is 2.33. The van der Waals surface area contributed by atoms with Crippen molar-refractivity contribution in [2.24, 2.45) is 5.92 Å². The van der Waals surface area contributed by atoms with Crippen molar-refractivity contribution in [3.63, 3.8) is 0 Å². The van der Waals surface area contributed by atoms with E-state index in [1.165, 1.54) is 11.1 Å². The predicted molar refractivity (Wildman–Crippen MR) is 147 cm³/mol. The van der Waals surface area contributed by atoms with Gasteiger partial charge in [-0.1, -0.05) is 42.0 Å². The van der Waals surface area contributed by atoms with Crippen molar-refractivity contribution >= 4 is 17.7 Å². The molecule has 3 aromatic carbocycles. The lowest BCUT2D eigenvalue weighted by atomic mass is 10.1. The van der Waals surface area contributed by atoms with Gasteiger partial charge in [-0.15, -0.1) is 0 Å². The van der Waals surface area contributed by atoms with Crippen molar-refractivity contribution in [1.29, 1.82) is 0 Å². The second kappa shape index (κ2) is 14.5. The molecule has 0 heterocycles. The molecule has 0 aliphatic heterocycles. The van der Waals surface area contributed by atoms with Gasteiger partial charge in [0, 0.05) is 17.6 Å². The molecule has 0 spiro atoms. The smallest absolute Gasteiger partial charge is 0.343 e. The minimum absolute atomic E-state index is 0.154. The average Bonchev–Trinajstić information content (AvgIpc) is 3.78. The van der Waals surface area contributed by atoms with Crippen molar-refractivity contribution in [3.8, 4) is 11.5 Å². The average molecular weight is 515 g/mol. The van der Waals surface area contributed by atoms with Gasteiger partial charge in [0.25, 0.3) is 0 Å². The van der Waals surface area contributed by atoms with E-state index in [0.717, 1.165) is 25.3 Å². The highest BCUT2D eigenvalue weighted by Gasteiger charge is 2.30. The molecule has 0 aromatic heterocycles. The van der Waals surface area contributed by atoms with Crippen molar-refractivity contribution in [2.75, 3.05) is 13.2 Å². The Kier molecular flexibility index (Phi) is 10.8. The van der Waals surface area contributed by atoms with Crippen molar-refractivity contribution in [2.45, 2.75) is 39.5 Å². The Hall–Kier alpha value is -4.19.